The Bertz CT molecular complexity index is 1630. The van der Waals surface area contributed by atoms with Crippen LogP contribution in [0.3, 0.4) is 0 Å². The number of aliphatic hydroxyl groups is 2. The standard InChI is InChI=1S/C29H27Cl2FN2O6S/c1-28(2,37)25-17(23(34-40-25)22-18(30)4-3-5-19(22)31)12-39-16-10-14-6-7-15(11-16)29(14,38)27-33-24-20(32)8-13(26(35)36)9-21(24)41-27/h3-5,8-9,14-16,37-38H,6-7,10-12H2,1-2H3,(H,35,36)/t14-,15+,16-,29+. The van der Waals surface area contributed by atoms with Crippen molar-refractivity contribution >= 4 is 50.7 Å². The highest BCUT2D eigenvalue weighted by Crippen LogP contribution is 2.57. The molecule has 2 bridgehead atoms. The van der Waals surface area contributed by atoms with Crippen molar-refractivity contribution in [1.29, 1.82) is 0 Å². The van der Waals surface area contributed by atoms with Crippen molar-refractivity contribution in [2.45, 2.75) is 63.4 Å². The molecular weight excluding hydrogens is 594 g/mol. The molecule has 41 heavy (non-hydrogen) atoms. The Balaban J connectivity index is 1.26. The molecule has 0 spiro atoms. The van der Waals surface area contributed by atoms with Crippen LogP contribution in [-0.2, 0) is 22.5 Å². The summed E-state index contributed by atoms with van der Waals surface area (Å²) in [5.41, 5.74) is -1.27. The van der Waals surface area contributed by atoms with Gasteiger partial charge in [0.2, 0.25) is 0 Å². The Kier molecular flexibility index (Phi) is 7.16. The van der Waals surface area contributed by atoms with E-state index in [2.05, 4.69) is 10.1 Å². The van der Waals surface area contributed by atoms with Gasteiger partial charge in [0.1, 0.15) is 27.4 Å². The summed E-state index contributed by atoms with van der Waals surface area (Å²) < 4.78 is 27.0. The van der Waals surface area contributed by atoms with Crippen LogP contribution in [0.4, 0.5) is 4.39 Å². The van der Waals surface area contributed by atoms with Gasteiger partial charge in [0.15, 0.2) is 11.6 Å². The molecule has 12 heteroatoms. The Morgan fingerprint density at radius 1 is 1.22 bits per heavy atom. The number of thiazole rings is 1. The minimum atomic E-state index is -1.34. The van der Waals surface area contributed by atoms with E-state index in [1.165, 1.54) is 6.07 Å². The third-order valence-corrected chi connectivity index (χ3v) is 10.0. The van der Waals surface area contributed by atoms with Gasteiger partial charge in [-0.25, -0.2) is 14.2 Å². The van der Waals surface area contributed by atoms with E-state index in [1.54, 1.807) is 32.0 Å². The summed E-state index contributed by atoms with van der Waals surface area (Å²) in [5, 5.41) is 37.4. The molecule has 8 nitrogen and oxygen atoms in total. The predicted octanol–water partition coefficient (Wildman–Crippen LogP) is 6.92. The summed E-state index contributed by atoms with van der Waals surface area (Å²) in [7, 11) is 0. The fraction of sp³-hybridized carbons (Fsp3) is 0.414. The normalized spacial score (nSPS) is 24.3. The lowest BCUT2D eigenvalue weighted by Gasteiger charge is -2.41. The third kappa shape index (κ3) is 4.84. The number of rotatable bonds is 7. The number of aromatic carboxylic acids is 1. The predicted molar refractivity (Wildman–Crippen MR) is 152 cm³/mol. The van der Waals surface area contributed by atoms with Crippen molar-refractivity contribution in [2.75, 3.05) is 0 Å². The van der Waals surface area contributed by atoms with Crippen LogP contribution in [0.25, 0.3) is 21.5 Å². The van der Waals surface area contributed by atoms with E-state index >= 15 is 0 Å². The molecule has 6 rings (SSSR count). The molecule has 0 unspecified atom stereocenters. The van der Waals surface area contributed by atoms with E-state index in [0.29, 0.717) is 49.4 Å². The van der Waals surface area contributed by atoms with Crippen molar-refractivity contribution in [3.8, 4) is 11.3 Å². The molecule has 2 heterocycles. The second-order valence-corrected chi connectivity index (χ2v) is 13.2. The number of fused-ring (bicyclic) bond motifs is 3. The van der Waals surface area contributed by atoms with Crippen molar-refractivity contribution < 1.29 is 33.8 Å². The van der Waals surface area contributed by atoms with Crippen molar-refractivity contribution in [2.24, 2.45) is 11.8 Å². The lowest BCUT2D eigenvalue weighted by molar-refractivity contribution is -0.116. The fourth-order valence-corrected chi connectivity index (χ4v) is 8.16. The SMILES string of the molecule is CC(C)(O)c1onc(-c2c(Cl)cccc2Cl)c1CO[C@@H]1C[C@H]2CC[C@@H](C1)[C@]2(O)c1nc2c(F)cc(C(=O)O)cc2s1. The Labute approximate surface area is 248 Å². The second kappa shape index (κ2) is 10.3. The van der Waals surface area contributed by atoms with Crippen molar-refractivity contribution in [1.82, 2.24) is 10.1 Å². The first-order valence-electron chi connectivity index (χ1n) is 13.2. The van der Waals surface area contributed by atoms with Gasteiger partial charge in [0.05, 0.1) is 38.6 Å². The summed E-state index contributed by atoms with van der Waals surface area (Å²) in [6, 6.07) is 7.47. The quantitative estimate of drug-likeness (QED) is 0.203. The van der Waals surface area contributed by atoms with Gasteiger partial charge < -0.3 is 24.6 Å². The van der Waals surface area contributed by atoms with Gasteiger partial charge in [0, 0.05) is 5.56 Å². The van der Waals surface area contributed by atoms with Crippen LogP contribution in [0.1, 0.15) is 66.2 Å². The molecule has 2 saturated carbocycles. The maximum Gasteiger partial charge on any atom is 0.335 e. The molecule has 3 N–H and O–H groups in total. The first-order chi connectivity index (χ1) is 19.4. The average molecular weight is 622 g/mol. The van der Waals surface area contributed by atoms with Crippen LogP contribution >= 0.6 is 34.5 Å². The number of benzene rings is 2. The lowest BCUT2D eigenvalue weighted by atomic mass is 9.73. The molecule has 0 aliphatic heterocycles. The van der Waals surface area contributed by atoms with E-state index in [4.69, 9.17) is 32.5 Å². The number of halogens is 3. The zero-order valence-electron chi connectivity index (χ0n) is 22.2. The molecule has 2 aromatic heterocycles. The summed E-state index contributed by atoms with van der Waals surface area (Å²) in [5.74, 6) is -2.06. The number of aromatic nitrogens is 2. The molecule has 2 fully saturated rings. The minimum absolute atomic E-state index is 0.0681. The van der Waals surface area contributed by atoms with Crippen LogP contribution in [0, 0.1) is 17.7 Å². The first kappa shape index (κ1) is 28.5. The largest absolute Gasteiger partial charge is 0.478 e. The zero-order chi connectivity index (χ0) is 29.3. The van der Waals surface area contributed by atoms with Gasteiger partial charge in [-0.1, -0.05) is 34.4 Å². The molecule has 216 valence electrons. The van der Waals surface area contributed by atoms with Crippen LogP contribution < -0.4 is 0 Å². The fourth-order valence-electron chi connectivity index (χ4n) is 6.32. The molecule has 0 saturated heterocycles. The van der Waals surface area contributed by atoms with E-state index in [1.807, 2.05) is 0 Å². The molecule has 2 aromatic carbocycles. The summed E-state index contributed by atoms with van der Waals surface area (Å²) in [6.07, 6.45) is 2.37. The minimum Gasteiger partial charge on any atom is -0.478 e. The van der Waals surface area contributed by atoms with Crippen LogP contribution in [0.5, 0.6) is 0 Å². The Hall–Kier alpha value is -2.60. The lowest BCUT2D eigenvalue weighted by Crippen LogP contribution is -2.44. The van der Waals surface area contributed by atoms with Crippen LogP contribution in [-0.4, -0.2) is 37.5 Å². The van der Waals surface area contributed by atoms with Crippen LogP contribution in [0.2, 0.25) is 10.0 Å². The van der Waals surface area contributed by atoms with Gasteiger partial charge in [-0.2, -0.15) is 0 Å². The van der Waals surface area contributed by atoms with Gasteiger partial charge in [-0.3, -0.25) is 0 Å². The highest BCUT2D eigenvalue weighted by atomic mass is 35.5. The summed E-state index contributed by atoms with van der Waals surface area (Å²) >= 11 is 14.0. The first-order valence-corrected chi connectivity index (χ1v) is 14.8. The number of carboxylic acid groups (broad SMARTS) is 1. The number of hydrogen-bond acceptors (Lipinski definition) is 8. The maximum atomic E-state index is 14.7. The molecule has 4 atom stereocenters. The summed E-state index contributed by atoms with van der Waals surface area (Å²) in [6.45, 7) is 3.26. The topological polar surface area (TPSA) is 126 Å². The highest BCUT2D eigenvalue weighted by Gasteiger charge is 2.56. The summed E-state index contributed by atoms with van der Waals surface area (Å²) in [4.78, 5) is 15.8. The second-order valence-electron chi connectivity index (χ2n) is 11.3. The molecule has 0 amide bonds. The van der Waals surface area contributed by atoms with Crippen molar-refractivity contribution in [3.63, 3.8) is 0 Å². The molecule has 0 radical (unpaired) electrons. The van der Waals surface area contributed by atoms with Crippen LogP contribution in [0.15, 0.2) is 34.9 Å². The molecular formula is C29H27Cl2FN2O6S. The number of carbonyl (C=O) groups is 1. The number of nitrogens with zero attached hydrogens (tertiary/aromatic N) is 2. The number of ether oxygens (including phenoxy) is 1. The van der Waals surface area contributed by atoms with Gasteiger partial charge in [-0.05, 0) is 75.6 Å². The molecule has 4 aromatic rings. The highest BCUT2D eigenvalue weighted by molar-refractivity contribution is 7.18. The molecule has 2 aliphatic carbocycles. The van der Waals surface area contributed by atoms with E-state index in [-0.39, 0.29) is 41.4 Å². The van der Waals surface area contributed by atoms with E-state index < -0.39 is 23.0 Å². The smallest absolute Gasteiger partial charge is 0.335 e. The Morgan fingerprint density at radius 3 is 2.49 bits per heavy atom. The van der Waals surface area contributed by atoms with Gasteiger partial charge >= 0.3 is 5.97 Å². The van der Waals surface area contributed by atoms with E-state index in [0.717, 1.165) is 30.2 Å². The van der Waals surface area contributed by atoms with Gasteiger partial charge in [-0.15, -0.1) is 11.3 Å². The van der Waals surface area contributed by atoms with Crippen molar-refractivity contribution in [3.05, 3.63) is 68.1 Å². The van der Waals surface area contributed by atoms with E-state index in [9.17, 15) is 24.5 Å². The molecule has 2 aliphatic rings. The monoisotopic (exact) mass is 620 g/mol. The average Bonchev–Trinajstić information content (AvgIpc) is 3.55. The van der Waals surface area contributed by atoms with Gasteiger partial charge in [0.25, 0.3) is 0 Å². The number of carboxylic acids is 1. The maximum absolute atomic E-state index is 14.7. The Morgan fingerprint density at radius 2 is 1.88 bits per heavy atom. The third-order valence-electron chi connectivity index (χ3n) is 8.25. The zero-order valence-corrected chi connectivity index (χ0v) is 24.5. The number of hydrogen-bond donors (Lipinski definition) is 3.